The zero-order valence-electron chi connectivity index (χ0n) is 24.4. The molecule has 3 heterocycles. The van der Waals surface area contributed by atoms with E-state index in [0.29, 0.717) is 48.1 Å². The summed E-state index contributed by atoms with van der Waals surface area (Å²) in [7, 11) is 0. The topological polar surface area (TPSA) is 87.8 Å². The highest BCUT2D eigenvalue weighted by Gasteiger charge is 2.37. The molecule has 0 radical (unpaired) electrons. The Bertz CT molecular complexity index is 1650. The lowest BCUT2D eigenvalue weighted by atomic mass is 9.92. The van der Waals surface area contributed by atoms with Crippen molar-refractivity contribution in [3.63, 3.8) is 0 Å². The van der Waals surface area contributed by atoms with Gasteiger partial charge in [0.2, 0.25) is 5.89 Å². The van der Waals surface area contributed by atoms with Gasteiger partial charge in [-0.15, -0.1) is 0 Å². The van der Waals surface area contributed by atoms with E-state index < -0.39 is 18.0 Å². The number of aromatic nitrogens is 2. The Kier molecular flexibility index (Phi) is 7.52. The van der Waals surface area contributed by atoms with E-state index in [1.807, 2.05) is 37.3 Å². The quantitative estimate of drug-likeness (QED) is 0.215. The van der Waals surface area contributed by atoms with Crippen molar-refractivity contribution in [2.45, 2.75) is 76.3 Å². The predicted molar refractivity (Wildman–Crippen MR) is 158 cm³/mol. The van der Waals surface area contributed by atoms with Gasteiger partial charge < -0.3 is 23.2 Å². The highest BCUT2D eigenvalue weighted by molar-refractivity contribution is 6.03. The van der Waals surface area contributed by atoms with Crippen LogP contribution in [0.2, 0.25) is 0 Å². The standard InChI is InChI=1S/C33H34F3N3O5/c1-19(20-5-6-20)43-32(40)37-22-9-7-21(8-10-22)30-29(31-38-28(18-42-31)33(34,35)36)26-12-11-25(44-24-13-15-41-16-14-24)17-27(26)39(30)23-3-2-4-23/h7-12,17-20,23-24H,2-6,13-16H2,1H3,(H,37,40). The smallest absolute Gasteiger partial charge is 0.436 e. The zero-order valence-corrected chi connectivity index (χ0v) is 24.4. The van der Waals surface area contributed by atoms with Gasteiger partial charge in [-0.25, -0.2) is 9.78 Å². The number of nitrogens with zero attached hydrogens (tertiary/aromatic N) is 2. The fourth-order valence-electron chi connectivity index (χ4n) is 6.08. The molecule has 1 unspecified atom stereocenters. The third-order valence-corrected chi connectivity index (χ3v) is 8.88. The van der Waals surface area contributed by atoms with E-state index in [9.17, 15) is 18.0 Å². The van der Waals surface area contributed by atoms with Crippen LogP contribution in [-0.4, -0.2) is 41.1 Å². The molecular formula is C33H34F3N3O5. The zero-order chi connectivity index (χ0) is 30.4. The molecule has 7 rings (SSSR count). The van der Waals surface area contributed by atoms with Gasteiger partial charge >= 0.3 is 12.3 Å². The van der Waals surface area contributed by atoms with Crippen molar-refractivity contribution in [2.75, 3.05) is 18.5 Å². The summed E-state index contributed by atoms with van der Waals surface area (Å²) in [5.41, 5.74) is 2.26. The Morgan fingerprint density at radius 2 is 1.80 bits per heavy atom. The van der Waals surface area contributed by atoms with Gasteiger partial charge in [-0.05, 0) is 74.8 Å². The highest BCUT2D eigenvalue weighted by Crippen LogP contribution is 2.48. The van der Waals surface area contributed by atoms with Crippen LogP contribution in [0.5, 0.6) is 5.75 Å². The molecule has 0 bridgehead atoms. The van der Waals surface area contributed by atoms with Gasteiger partial charge in [-0.1, -0.05) is 12.1 Å². The summed E-state index contributed by atoms with van der Waals surface area (Å²) in [4.78, 5) is 16.3. The minimum Gasteiger partial charge on any atom is -0.490 e. The van der Waals surface area contributed by atoms with Gasteiger partial charge in [-0.2, -0.15) is 13.2 Å². The van der Waals surface area contributed by atoms with Crippen LogP contribution in [0.25, 0.3) is 33.6 Å². The highest BCUT2D eigenvalue weighted by atomic mass is 19.4. The van der Waals surface area contributed by atoms with E-state index in [1.54, 1.807) is 12.1 Å². The molecule has 2 aromatic carbocycles. The van der Waals surface area contributed by atoms with Crippen molar-refractivity contribution in [3.8, 4) is 28.5 Å². The minimum atomic E-state index is -4.64. The Balaban J connectivity index is 1.30. The summed E-state index contributed by atoms with van der Waals surface area (Å²) in [5.74, 6) is 1.02. The first kappa shape index (κ1) is 28.8. The molecule has 44 heavy (non-hydrogen) atoms. The lowest BCUT2D eigenvalue weighted by Gasteiger charge is -2.30. The van der Waals surface area contributed by atoms with Crippen molar-refractivity contribution in [2.24, 2.45) is 5.92 Å². The maximum absolute atomic E-state index is 13.6. The van der Waals surface area contributed by atoms with Gasteiger partial charge in [0.25, 0.3) is 0 Å². The first-order valence-corrected chi connectivity index (χ1v) is 15.3. The van der Waals surface area contributed by atoms with Gasteiger partial charge in [0.1, 0.15) is 24.2 Å². The number of amides is 1. The Morgan fingerprint density at radius 1 is 1.05 bits per heavy atom. The van der Waals surface area contributed by atoms with Crippen molar-refractivity contribution in [1.82, 2.24) is 9.55 Å². The molecule has 3 aliphatic rings. The number of hydrogen-bond acceptors (Lipinski definition) is 6. The number of nitrogens with one attached hydrogen (secondary N) is 1. The van der Waals surface area contributed by atoms with E-state index in [0.717, 1.165) is 61.4 Å². The molecule has 0 spiro atoms. The summed E-state index contributed by atoms with van der Waals surface area (Å²) >= 11 is 0. The number of hydrogen-bond donors (Lipinski definition) is 1. The molecule has 2 aliphatic carbocycles. The SMILES string of the molecule is CC(OC(=O)Nc1ccc(-c2c(-c3nc(C(F)(F)F)co3)c3ccc(OC4CCOCC4)cc3n2C2CCC2)cc1)C1CC1. The number of carbonyl (C=O) groups is 1. The molecule has 3 fully saturated rings. The number of oxazole rings is 1. The molecule has 1 amide bonds. The summed E-state index contributed by atoms with van der Waals surface area (Å²) in [6, 6.07) is 13.1. The molecule has 1 aliphatic heterocycles. The first-order valence-electron chi connectivity index (χ1n) is 15.3. The minimum absolute atomic E-state index is 0.0346. The Labute approximate surface area is 252 Å². The van der Waals surface area contributed by atoms with Crippen LogP contribution >= 0.6 is 0 Å². The molecule has 4 aromatic rings. The van der Waals surface area contributed by atoms with Crippen molar-refractivity contribution >= 4 is 22.7 Å². The summed E-state index contributed by atoms with van der Waals surface area (Å²) in [6.45, 7) is 3.19. The van der Waals surface area contributed by atoms with Crippen LogP contribution in [0.15, 0.2) is 53.1 Å². The summed E-state index contributed by atoms with van der Waals surface area (Å²) in [5, 5.41) is 3.51. The number of fused-ring (bicyclic) bond motifs is 1. The second-order valence-corrected chi connectivity index (χ2v) is 12.0. The van der Waals surface area contributed by atoms with Crippen molar-refractivity contribution in [3.05, 3.63) is 54.4 Å². The maximum Gasteiger partial charge on any atom is 0.436 e. The first-order chi connectivity index (χ1) is 21.2. The van der Waals surface area contributed by atoms with E-state index in [-0.39, 0.29) is 24.1 Å². The van der Waals surface area contributed by atoms with Crippen LogP contribution in [0, 0.1) is 5.92 Å². The van der Waals surface area contributed by atoms with Gasteiger partial charge in [-0.3, -0.25) is 5.32 Å². The number of carbonyl (C=O) groups excluding carboxylic acids is 1. The van der Waals surface area contributed by atoms with Crippen LogP contribution < -0.4 is 10.1 Å². The maximum atomic E-state index is 13.6. The molecule has 1 atom stereocenters. The molecule has 8 nitrogen and oxygen atoms in total. The molecule has 2 aromatic heterocycles. The van der Waals surface area contributed by atoms with Crippen LogP contribution in [0.1, 0.15) is 63.6 Å². The van der Waals surface area contributed by atoms with E-state index in [4.69, 9.17) is 18.6 Å². The van der Waals surface area contributed by atoms with Crippen LogP contribution in [0.3, 0.4) is 0 Å². The number of benzene rings is 2. The molecule has 1 N–H and O–H groups in total. The Morgan fingerprint density at radius 3 is 2.43 bits per heavy atom. The van der Waals surface area contributed by atoms with Crippen LogP contribution in [-0.2, 0) is 15.7 Å². The fourth-order valence-corrected chi connectivity index (χ4v) is 6.08. The third-order valence-electron chi connectivity index (χ3n) is 8.88. The number of alkyl halides is 3. The van der Waals surface area contributed by atoms with Gasteiger partial charge in [0.05, 0.1) is 30.0 Å². The normalized spacial score (nSPS) is 18.6. The molecule has 11 heteroatoms. The molecular weight excluding hydrogens is 575 g/mol. The summed E-state index contributed by atoms with van der Waals surface area (Å²) in [6.07, 6.45) is 2.05. The lowest BCUT2D eigenvalue weighted by molar-refractivity contribution is -0.141. The second kappa shape index (κ2) is 11.5. The van der Waals surface area contributed by atoms with Gasteiger partial charge in [0.15, 0.2) is 5.69 Å². The number of ether oxygens (including phenoxy) is 3. The lowest BCUT2D eigenvalue weighted by Crippen LogP contribution is -2.25. The monoisotopic (exact) mass is 609 g/mol. The van der Waals surface area contributed by atoms with E-state index in [2.05, 4.69) is 14.9 Å². The predicted octanol–water partition coefficient (Wildman–Crippen LogP) is 8.61. The van der Waals surface area contributed by atoms with Crippen molar-refractivity contribution < 1.29 is 36.6 Å². The number of anilines is 1. The van der Waals surface area contributed by atoms with Crippen molar-refractivity contribution in [1.29, 1.82) is 0 Å². The average molecular weight is 610 g/mol. The third kappa shape index (κ3) is 5.77. The molecule has 232 valence electrons. The molecule has 1 saturated heterocycles. The average Bonchev–Trinajstić information content (AvgIpc) is 3.62. The number of halogens is 3. The molecule has 2 saturated carbocycles. The largest absolute Gasteiger partial charge is 0.490 e. The van der Waals surface area contributed by atoms with Crippen LogP contribution in [0.4, 0.5) is 23.7 Å². The second-order valence-electron chi connectivity index (χ2n) is 12.0. The van der Waals surface area contributed by atoms with E-state index >= 15 is 0 Å². The van der Waals surface area contributed by atoms with E-state index in [1.165, 1.54) is 0 Å². The number of rotatable bonds is 8. The van der Waals surface area contributed by atoms with Gasteiger partial charge in [0, 0.05) is 36.0 Å². The summed E-state index contributed by atoms with van der Waals surface area (Å²) < 4.78 is 65.8. The Hall–Kier alpha value is -3.99. The fraction of sp³-hybridized carbons (Fsp3) is 0.455.